The minimum absolute atomic E-state index is 0.0292. The third-order valence-electron chi connectivity index (χ3n) is 5.04. The van der Waals surface area contributed by atoms with Crippen molar-refractivity contribution in [2.45, 2.75) is 70.2 Å². The summed E-state index contributed by atoms with van der Waals surface area (Å²) >= 11 is 0. The van der Waals surface area contributed by atoms with Crippen LogP contribution in [0.4, 0.5) is 0 Å². The van der Waals surface area contributed by atoms with Gasteiger partial charge in [0.05, 0.1) is 6.10 Å². The van der Waals surface area contributed by atoms with Crippen LogP contribution in [0.2, 0.25) is 0 Å². The summed E-state index contributed by atoms with van der Waals surface area (Å²) in [6.45, 7) is 2.18. The average molecular weight is 290 g/mol. The van der Waals surface area contributed by atoms with E-state index in [1.165, 1.54) is 0 Å². The molecular formula is C18H26O3. The Bertz CT molecular complexity index is 426. The van der Waals surface area contributed by atoms with Crippen LogP contribution in [-0.4, -0.2) is 24.3 Å². The Balaban J connectivity index is 1.73. The maximum Gasteiger partial charge on any atom is 0.306 e. The van der Waals surface area contributed by atoms with E-state index >= 15 is 0 Å². The zero-order chi connectivity index (χ0) is 14.7. The molecule has 5 atom stereocenters. The highest BCUT2D eigenvalue weighted by atomic mass is 16.6. The molecule has 3 rings (SSSR count). The predicted molar refractivity (Wildman–Crippen MR) is 81.8 cm³/mol. The Morgan fingerprint density at radius 2 is 2.14 bits per heavy atom. The van der Waals surface area contributed by atoms with Crippen LogP contribution in [-0.2, 0) is 14.3 Å². The number of hydrogen-bond acceptors (Lipinski definition) is 3. The molecule has 0 unspecified atom stereocenters. The van der Waals surface area contributed by atoms with Crippen LogP contribution >= 0.6 is 0 Å². The molecule has 116 valence electrons. The van der Waals surface area contributed by atoms with E-state index in [0.717, 1.165) is 38.5 Å². The van der Waals surface area contributed by atoms with Gasteiger partial charge in [-0.15, -0.1) is 0 Å². The second-order valence-electron chi connectivity index (χ2n) is 6.43. The summed E-state index contributed by atoms with van der Waals surface area (Å²) < 4.78 is 11.8. The Labute approximate surface area is 127 Å². The summed E-state index contributed by atoms with van der Waals surface area (Å²) in [4.78, 5) is 12.0. The first kappa shape index (κ1) is 14.8. The number of ether oxygens (including phenoxy) is 2. The van der Waals surface area contributed by atoms with E-state index in [4.69, 9.17) is 9.47 Å². The summed E-state index contributed by atoms with van der Waals surface area (Å²) in [6.07, 6.45) is 16.0. The number of allylic oxidation sites excluding steroid dienone is 3. The van der Waals surface area contributed by atoms with Gasteiger partial charge < -0.3 is 9.47 Å². The van der Waals surface area contributed by atoms with Crippen molar-refractivity contribution in [3.8, 4) is 0 Å². The second-order valence-corrected chi connectivity index (χ2v) is 6.43. The lowest BCUT2D eigenvalue weighted by Gasteiger charge is -2.27. The molecule has 1 saturated heterocycles. The number of esters is 1. The van der Waals surface area contributed by atoms with Gasteiger partial charge in [0.1, 0.15) is 12.2 Å². The Kier molecular flexibility index (Phi) is 4.79. The van der Waals surface area contributed by atoms with E-state index in [9.17, 15) is 4.79 Å². The number of carbonyl (C=O) groups is 1. The first-order chi connectivity index (χ1) is 10.3. The standard InChI is InChI=1S/C18H26O3/c1-2-15-14-12-16-18(21-15)13(14)10-8-6-4-3-5-7-9-11-17(19)20-16/h3-4,8,10,13-16,18H,2,5-7,9,11-12H2,1H3/b4-3-,10-8-/t13-,14+,15+,16+,18+/m0/s1. The fourth-order valence-corrected chi connectivity index (χ4v) is 3.99. The lowest BCUT2D eigenvalue weighted by Crippen LogP contribution is -2.34. The van der Waals surface area contributed by atoms with E-state index in [1.54, 1.807) is 0 Å². The Morgan fingerprint density at radius 1 is 1.24 bits per heavy atom. The zero-order valence-electron chi connectivity index (χ0n) is 12.9. The lowest BCUT2D eigenvalue weighted by molar-refractivity contribution is -0.161. The highest BCUT2D eigenvalue weighted by molar-refractivity contribution is 5.69. The van der Waals surface area contributed by atoms with Crippen LogP contribution < -0.4 is 0 Å². The zero-order valence-corrected chi connectivity index (χ0v) is 12.9. The Morgan fingerprint density at radius 3 is 3.00 bits per heavy atom. The fourth-order valence-electron chi connectivity index (χ4n) is 3.99. The second kappa shape index (κ2) is 6.78. The fraction of sp³-hybridized carbons (Fsp3) is 0.722. The molecular weight excluding hydrogens is 264 g/mol. The van der Waals surface area contributed by atoms with Gasteiger partial charge in [-0.3, -0.25) is 4.79 Å². The van der Waals surface area contributed by atoms with Gasteiger partial charge in [-0.1, -0.05) is 31.2 Å². The third kappa shape index (κ3) is 3.23. The third-order valence-corrected chi connectivity index (χ3v) is 5.04. The Hall–Kier alpha value is -1.09. The van der Waals surface area contributed by atoms with Crippen LogP contribution in [0.1, 0.15) is 51.9 Å². The van der Waals surface area contributed by atoms with E-state index in [2.05, 4.69) is 31.2 Å². The van der Waals surface area contributed by atoms with E-state index in [1.807, 2.05) is 0 Å². The average Bonchev–Trinajstić information content (AvgIpc) is 2.98. The minimum atomic E-state index is -0.0482. The quantitative estimate of drug-likeness (QED) is 0.544. The highest BCUT2D eigenvalue weighted by Crippen LogP contribution is 2.48. The predicted octanol–water partition coefficient (Wildman–Crippen LogP) is 3.79. The van der Waals surface area contributed by atoms with Crippen molar-refractivity contribution in [1.82, 2.24) is 0 Å². The topological polar surface area (TPSA) is 35.5 Å². The summed E-state index contributed by atoms with van der Waals surface area (Å²) in [5, 5.41) is 0. The molecule has 0 N–H and O–H groups in total. The van der Waals surface area contributed by atoms with Gasteiger partial charge in [-0.05, 0) is 44.4 Å². The summed E-state index contributed by atoms with van der Waals surface area (Å²) in [6, 6.07) is 0. The number of carbonyl (C=O) groups excluding carboxylic acids is 1. The largest absolute Gasteiger partial charge is 0.460 e. The van der Waals surface area contributed by atoms with Gasteiger partial charge >= 0.3 is 5.97 Å². The lowest BCUT2D eigenvalue weighted by atomic mass is 9.91. The molecule has 0 aromatic heterocycles. The molecule has 0 radical (unpaired) electrons. The van der Waals surface area contributed by atoms with Crippen LogP contribution in [0.15, 0.2) is 24.3 Å². The minimum Gasteiger partial charge on any atom is -0.460 e. The summed E-state index contributed by atoms with van der Waals surface area (Å²) in [5.74, 6) is 0.889. The molecule has 1 aliphatic carbocycles. The van der Waals surface area contributed by atoms with Crippen LogP contribution in [0, 0.1) is 11.8 Å². The summed E-state index contributed by atoms with van der Waals surface area (Å²) in [7, 11) is 0. The normalized spacial score (nSPS) is 43.1. The first-order valence-corrected chi connectivity index (χ1v) is 8.46. The molecule has 3 aliphatic rings. The van der Waals surface area contributed by atoms with Crippen molar-refractivity contribution >= 4 is 5.97 Å². The number of rotatable bonds is 1. The molecule has 0 aromatic carbocycles. The van der Waals surface area contributed by atoms with Crippen LogP contribution in [0.3, 0.4) is 0 Å². The summed E-state index contributed by atoms with van der Waals surface area (Å²) in [5.41, 5.74) is 0. The SMILES string of the molecule is CC[C@H]1O[C@@H]2[C@H]3/C=C\C/C=C\CCCCC(=O)O[C@@H]2C[C@H]31. The van der Waals surface area contributed by atoms with Crippen molar-refractivity contribution in [3.05, 3.63) is 24.3 Å². The van der Waals surface area contributed by atoms with E-state index in [0.29, 0.717) is 24.4 Å². The molecule has 3 nitrogen and oxygen atoms in total. The van der Waals surface area contributed by atoms with Crippen LogP contribution in [0.5, 0.6) is 0 Å². The van der Waals surface area contributed by atoms with Gasteiger partial charge in [-0.2, -0.15) is 0 Å². The maximum absolute atomic E-state index is 12.0. The van der Waals surface area contributed by atoms with Gasteiger partial charge in [0.2, 0.25) is 0 Å². The van der Waals surface area contributed by atoms with Crippen molar-refractivity contribution in [2.75, 3.05) is 0 Å². The molecule has 0 aromatic rings. The van der Waals surface area contributed by atoms with Gasteiger partial charge in [0, 0.05) is 12.3 Å². The monoisotopic (exact) mass is 290 g/mol. The molecule has 21 heavy (non-hydrogen) atoms. The molecule has 2 aliphatic heterocycles. The van der Waals surface area contributed by atoms with Crippen molar-refractivity contribution in [2.24, 2.45) is 11.8 Å². The first-order valence-electron chi connectivity index (χ1n) is 8.46. The van der Waals surface area contributed by atoms with Crippen molar-refractivity contribution in [1.29, 1.82) is 0 Å². The van der Waals surface area contributed by atoms with E-state index < -0.39 is 0 Å². The molecule has 4 bridgehead atoms. The molecule has 0 amide bonds. The van der Waals surface area contributed by atoms with Crippen molar-refractivity contribution < 1.29 is 14.3 Å². The maximum atomic E-state index is 12.0. The smallest absolute Gasteiger partial charge is 0.306 e. The molecule has 0 spiro atoms. The van der Waals surface area contributed by atoms with E-state index in [-0.39, 0.29) is 18.2 Å². The molecule has 2 heterocycles. The molecule has 1 saturated carbocycles. The van der Waals surface area contributed by atoms with Crippen molar-refractivity contribution in [3.63, 3.8) is 0 Å². The molecule has 3 heteroatoms. The number of hydrogen-bond donors (Lipinski definition) is 0. The molecule has 2 fully saturated rings. The van der Waals surface area contributed by atoms with Crippen LogP contribution in [0.25, 0.3) is 0 Å². The van der Waals surface area contributed by atoms with Gasteiger partial charge in [0.15, 0.2) is 0 Å². The van der Waals surface area contributed by atoms with Gasteiger partial charge in [-0.25, -0.2) is 0 Å². The highest BCUT2D eigenvalue weighted by Gasteiger charge is 2.54. The van der Waals surface area contributed by atoms with Gasteiger partial charge in [0.25, 0.3) is 0 Å².